The summed E-state index contributed by atoms with van der Waals surface area (Å²) in [5.41, 5.74) is 1.20. The van der Waals surface area contributed by atoms with E-state index in [4.69, 9.17) is 4.74 Å². The van der Waals surface area contributed by atoms with Crippen molar-refractivity contribution in [2.75, 3.05) is 13.1 Å². The van der Waals surface area contributed by atoms with Crippen molar-refractivity contribution in [3.63, 3.8) is 0 Å². The van der Waals surface area contributed by atoms with E-state index < -0.39 is 0 Å². The third-order valence-electron chi connectivity index (χ3n) is 3.63. The second kappa shape index (κ2) is 6.01. The van der Waals surface area contributed by atoms with Gasteiger partial charge in [-0.2, -0.15) is 0 Å². The summed E-state index contributed by atoms with van der Waals surface area (Å²) in [6.07, 6.45) is 3.92. The molecular formula is C16H17N3O3. The Morgan fingerprint density at radius 1 is 1.41 bits per heavy atom. The molecule has 0 saturated carbocycles. The van der Waals surface area contributed by atoms with Crippen molar-refractivity contribution in [3.05, 3.63) is 58.1 Å². The molecule has 1 aliphatic rings. The minimum atomic E-state index is -0.276. The minimum absolute atomic E-state index is 0.0684. The highest BCUT2D eigenvalue weighted by Crippen LogP contribution is 2.18. The van der Waals surface area contributed by atoms with Gasteiger partial charge < -0.3 is 14.6 Å². The first-order valence-electron chi connectivity index (χ1n) is 7.19. The standard InChI is InChI=1S/C16H17N3O3/c1-11-2-3-15(18-9-11)22-13-5-7-19(10-13)16(21)12-4-6-17-14(20)8-12/h2-4,6,8-9,13H,5,7,10H2,1H3,(H,17,20). The minimum Gasteiger partial charge on any atom is -0.472 e. The summed E-state index contributed by atoms with van der Waals surface area (Å²) in [6, 6.07) is 6.70. The number of hydrogen-bond acceptors (Lipinski definition) is 4. The molecule has 0 bridgehead atoms. The Balaban J connectivity index is 1.63. The number of aromatic nitrogens is 2. The van der Waals surface area contributed by atoms with Crippen LogP contribution in [-0.2, 0) is 0 Å². The Hall–Kier alpha value is -2.63. The molecule has 0 spiro atoms. The van der Waals surface area contributed by atoms with Crippen molar-refractivity contribution < 1.29 is 9.53 Å². The van der Waals surface area contributed by atoms with Crippen molar-refractivity contribution >= 4 is 5.91 Å². The lowest BCUT2D eigenvalue weighted by Crippen LogP contribution is -2.31. The van der Waals surface area contributed by atoms with Gasteiger partial charge in [0.25, 0.3) is 5.91 Å². The molecule has 3 heterocycles. The van der Waals surface area contributed by atoms with E-state index in [0.717, 1.165) is 12.0 Å². The largest absolute Gasteiger partial charge is 0.472 e. The van der Waals surface area contributed by atoms with Crippen LogP contribution in [0.5, 0.6) is 5.88 Å². The molecule has 2 aromatic heterocycles. The highest BCUT2D eigenvalue weighted by atomic mass is 16.5. The summed E-state index contributed by atoms with van der Waals surface area (Å²) in [5, 5.41) is 0. The van der Waals surface area contributed by atoms with Gasteiger partial charge >= 0.3 is 0 Å². The molecule has 1 fully saturated rings. The molecule has 0 aliphatic carbocycles. The molecule has 3 rings (SSSR count). The molecule has 1 amide bonds. The van der Waals surface area contributed by atoms with Crippen molar-refractivity contribution in [2.45, 2.75) is 19.4 Å². The first-order valence-corrected chi connectivity index (χ1v) is 7.19. The van der Waals surface area contributed by atoms with Crippen molar-refractivity contribution in [3.8, 4) is 5.88 Å². The number of hydrogen-bond donors (Lipinski definition) is 1. The molecule has 1 aliphatic heterocycles. The van der Waals surface area contributed by atoms with Crippen LogP contribution in [0.1, 0.15) is 22.3 Å². The molecule has 2 aromatic rings. The first kappa shape index (κ1) is 14.3. The third kappa shape index (κ3) is 3.16. The van der Waals surface area contributed by atoms with Gasteiger partial charge in [0.2, 0.25) is 11.4 Å². The molecule has 0 aromatic carbocycles. The number of likely N-dealkylation sites (tertiary alicyclic amines) is 1. The third-order valence-corrected chi connectivity index (χ3v) is 3.63. The summed E-state index contributed by atoms with van der Waals surface area (Å²) in [4.78, 5) is 32.0. The van der Waals surface area contributed by atoms with Crippen LogP contribution in [0.4, 0.5) is 0 Å². The average molecular weight is 299 g/mol. The van der Waals surface area contributed by atoms with Gasteiger partial charge in [-0.25, -0.2) is 4.98 Å². The maximum atomic E-state index is 12.3. The molecule has 1 N–H and O–H groups in total. The van der Waals surface area contributed by atoms with Gasteiger partial charge in [0.05, 0.1) is 6.54 Å². The van der Waals surface area contributed by atoms with E-state index in [-0.39, 0.29) is 17.6 Å². The van der Waals surface area contributed by atoms with E-state index >= 15 is 0 Å². The number of H-pyrrole nitrogens is 1. The normalized spacial score (nSPS) is 17.5. The zero-order valence-electron chi connectivity index (χ0n) is 12.3. The van der Waals surface area contributed by atoms with Gasteiger partial charge in [-0.3, -0.25) is 9.59 Å². The monoisotopic (exact) mass is 299 g/mol. The molecule has 114 valence electrons. The second-order valence-electron chi connectivity index (χ2n) is 5.40. The lowest BCUT2D eigenvalue weighted by molar-refractivity contribution is 0.0771. The van der Waals surface area contributed by atoms with Crippen LogP contribution >= 0.6 is 0 Å². The topological polar surface area (TPSA) is 75.3 Å². The summed E-state index contributed by atoms with van der Waals surface area (Å²) >= 11 is 0. The quantitative estimate of drug-likeness (QED) is 0.929. The molecule has 22 heavy (non-hydrogen) atoms. The van der Waals surface area contributed by atoms with Crippen LogP contribution in [0.3, 0.4) is 0 Å². The number of nitrogens with zero attached hydrogens (tertiary/aromatic N) is 2. The van der Waals surface area contributed by atoms with E-state index in [1.807, 2.05) is 19.1 Å². The van der Waals surface area contributed by atoms with E-state index in [1.54, 1.807) is 17.2 Å². The summed E-state index contributed by atoms with van der Waals surface area (Å²) in [5.74, 6) is 0.426. The fraction of sp³-hybridized carbons (Fsp3) is 0.312. The van der Waals surface area contributed by atoms with Crippen LogP contribution in [-0.4, -0.2) is 40.0 Å². The van der Waals surface area contributed by atoms with Crippen LogP contribution in [0.15, 0.2) is 41.5 Å². The Kier molecular flexibility index (Phi) is 3.91. The lowest BCUT2D eigenvalue weighted by Gasteiger charge is -2.16. The zero-order chi connectivity index (χ0) is 15.5. The molecular weight excluding hydrogens is 282 g/mol. The molecule has 1 unspecified atom stereocenters. The Morgan fingerprint density at radius 2 is 2.27 bits per heavy atom. The number of amides is 1. The number of carbonyl (C=O) groups is 1. The fourth-order valence-corrected chi connectivity index (χ4v) is 2.46. The van der Waals surface area contributed by atoms with Gasteiger partial charge in [0.15, 0.2) is 0 Å². The Bertz CT molecular complexity index is 724. The van der Waals surface area contributed by atoms with Crippen LogP contribution < -0.4 is 10.3 Å². The fourth-order valence-electron chi connectivity index (χ4n) is 2.46. The highest BCUT2D eigenvalue weighted by molar-refractivity contribution is 5.94. The molecule has 0 radical (unpaired) electrons. The highest BCUT2D eigenvalue weighted by Gasteiger charge is 2.28. The van der Waals surface area contributed by atoms with Gasteiger partial charge in [-0.1, -0.05) is 6.07 Å². The number of aromatic amines is 1. The van der Waals surface area contributed by atoms with E-state index in [9.17, 15) is 9.59 Å². The lowest BCUT2D eigenvalue weighted by atomic mass is 10.2. The number of aryl methyl sites for hydroxylation is 1. The number of ether oxygens (including phenoxy) is 1. The molecule has 1 saturated heterocycles. The van der Waals surface area contributed by atoms with Gasteiger partial charge in [-0.15, -0.1) is 0 Å². The van der Waals surface area contributed by atoms with E-state index in [1.165, 1.54) is 12.3 Å². The number of nitrogens with one attached hydrogen (secondary N) is 1. The van der Waals surface area contributed by atoms with Crippen LogP contribution in [0.25, 0.3) is 0 Å². The van der Waals surface area contributed by atoms with Gasteiger partial charge in [0, 0.05) is 43.1 Å². The molecule has 6 heteroatoms. The Morgan fingerprint density at radius 3 is 3.00 bits per heavy atom. The maximum absolute atomic E-state index is 12.3. The maximum Gasteiger partial charge on any atom is 0.254 e. The average Bonchev–Trinajstić information content (AvgIpc) is 2.97. The van der Waals surface area contributed by atoms with Crippen molar-refractivity contribution in [1.82, 2.24) is 14.9 Å². The van der Waals surface area contributed by atoms with Crippen molar-refractivity contribution in [2.24, 2.45) is 0 Å². The van der Waals surface area contributed by atoms with Crippen LogP contribution in [0, 0.1) is 6.92 Å². The zero-order valence-corrected chi connectivity index (χ0v) is 12.3. The predicted molar refractivity (Wildman–Crippen MR) is 81.0 cm³/mol. The SMILES string of the molecule is Cc1ccc(OC2CCN(C(=O)c3cc[nH]c(=O)c3)C2)nc1. The van der Waals surface area contributed by atoms with E-state index in [2.05, 4.69) is 9.97 Å². The molecule has 1 atom stereocenters. The van der Waals surface area contributed by atoms with Crippen LogP contribution in [0.2, 0.25) is 0 Å². The number of pyridine rings is 2. The Labute approximate surface area is 127 Å². The first-order chi connectivity index (χ1) is 10.6. The van der Waals surface area contributed by atoms with Crippen molar-refractivity contribution in [1.29, 1.82) is 0 Å². The summed E-state index contributed by atoms with van der Waals surface area (Å²) in [7, 11) is 0. The number of carbonyl (C=O) groups excluding carboxylic acids is 1. The van der Waals surface area contributed by atoms with E-state index in [0.29, 0.717) is 24.5 Å². The van der Waals surface area contributed by atoms with Gasteiger partial charge in [-0.05, 0) is 18.6 Å². The predicted octanol–water partition coefficient (Wildman–Crippen LogP) is 1.37. The van der Waals surface area contributed by atoms with Gasteiger partial charge in [0.1, 0.15) is 6.10 Å². The second-order valence-corrected chi connectivity index (χ2v) is 5.40. The summed E-state index contributed by atoms with van der Waals surface area (Å²) < 4.78 is 5.80. The summed E-state index contributed by atoms with van der Waals surface area (Å²) in [6.45, 7) is 3.08. The molecule has 6 nitrogen and oxygen atoms in total. The smallest absolute Gasteiger partial charge is 0.254 e. The number of rotatable bonds is 3.